The first kappa shape index (κ1) is 14.7. The van der Waals surface area contributed by atoms with Gasteiger partial charge in [-0.25, -0.2) is 9.67 Å². The third kappa shape index (κ3) is 2.39. The Morgan fingerprint density at radius 3 is 2.62 bits per heavy atom. The molecule has 0 radical (unpaired) electrons. The molecule has 0 saturated heterocycles. The molecule has 0 spiro atoms. The van der Waals surface area contributed by atoms with Crippen LogP contribution >= 0.6 is 0 Å². The normalized spacial score (nSPS) is 11.3. The molecular formula is C20H16N6. The van der Waals surface area contributed by atoms with Crippen molar-refractivity contribution in [3.05, 3.63) is 79.6 Å². The van der Waals surface area contributed by atoms with Crippen LogP contribution in [0, 0.1) is 0 Å². The Morgan fingerprint density at radius 1 is 0.885 bits per heavy atom. The van der Waals surface area contributed by atoms with Gasteiger partial charge in [0, 0.05) is 36.9 Å². The minimum absolute atomic E-state index is 0.954. The van der Waals surface area contributed by atoms with Gasteiger partial charge in [-0.15, -0.1) is 0 Å². The molecule has 0 aliphatic rings. The maximum atomic E-state index is 4.59. The van der Waals surface area contributed by atoms with Crippen LogP contribution in [0.3, 0.4) is 0 Å². The van der Waals surface area contributed by atoms with E-state index < -0.39 is 0 Å². The summed E-state index contributed by atoms with van der Waals surface area (Å²) in [6, 6.07) is 16.5. The molecule has 0 saturated carbocycles. The third-order valence-corrected chi connectivity index (χ3v) is 4.46. The number of hydrogen-bond donors (Lipinski definition) is 0. The van der Waals surface area contributed by atoms with Crippen molar-refractivity contribution >= 4 is 11.0 Å². The molecule has 6 heteroatoms. The second kappa shape index (κ2) is 5.70. The van der Waals surface area contributed by atoms with Gasteiger partial charge in [-0.05, 0) is 42.0 Å². The lowest BCUT2D eigenvalue weighted by molar-refractivity contribution is 0.768. The molecule has 6 nitrogen and oxygen atoms in total. The second-order valence-corrected chi connectivity index (χ2v) is 6.19. The summed E-state index contributed by atoms with van der Waals surface area (Å²) in [7, 11) is 1.92. The zero-order chi connectivity index (χ0) is 17.5. The summed E-state index contributed by atoms with van der Waals surface area (Å²) in [6.07, 6.45) is 9.45. The van der Waals surface area contributed by atoms with Crippen molar-refractivity contribution in [3.63, 3.8) is 0 Å². The van der Waals surface area contributed by atoms with Crippen LogP contribution in [0.5, 0.6) is 0 Å². The molecule has 0 unspecified atom stereocenters. The topological polar surface area (TPSA) is 53.5 Å². The highest BCUT2D eigenvalue weighted by Gasteiger charge is 2.08. The predicted molar refractivity (Wildman–Crippen MR) is 100 cm³/mol. The summed E-state index contributed by atoms with van der Waals surface area (Å²) in [5.74, 6) is 0. The molecule has 0 amide bonds. The van der Waals surface area contributed by atoms with Crippen LogP contribution in [-0.4, -0.2) is 29.1 Å². The van der Waals surface area contributed by atoms with Crippen LogP contribution < -0.4 is 0 Å². The summed E-state index contributed by atoms with van der Waals surface area (Å²) in [6.45, 7) is 0. The van der Waals surface area contributed by atoms with Gasteiger partial charge in [-0.3, -0.25) is 9.25 Å². The molecule has 26 heavy (non-hydrogen) atoms. The molecule has 3 aromatic heterocycles. The van der Waals surface area contributed by atoms with Gasteiger partial charge in [-0.1, -0.05) is 12.1 Å². The highest BCUT2D eigenvalue weighted by atomic mass is 15.3. The number of rotatable bonds is 3. The van der Waals surface area contributed by atoms with Crippen molar-refractivity contribution in [3.8, 4) is 22.5 Å². The molecule has 0 bridgehead atoms. The third-order valence-electron chi connectivity index (χ3n) is 4.46. The van der Waals surface area contributed by atoms with Crippen molar-refractivity contribution in [2.24, 2.45) is 7.05 Å². The second-order valence-electron chi connectivity index (χ2n) is 6.19. The van der Waals surface area contributed by atoms with Gasteiger partial charge >= 0.3 is 0 Å². The van der Waals surface area contributed by atoms with Crippen LogP contribution in [-0.2, 0) is 7.05 Å². The van der Waals surface area contributed by atoms with Crippen molar-refractivity contribution in [1.82, 2.24) is 29.1 Å². The van der Waals surface area contributed by atoms with Gasteiger partial charge in [0.05, 0.1) is 22.9 Å². The van der Waals surface area contributed by atoms with Gasteiger partial charge in [0.2, 0.25) is 0 Å². The van der Waals surface area contributed by atoms with Crippen molar-refractivity contribution < 1.29 is 0 Å². The van der Waals surface area contributed by atoms with Gasteiger partial charge in [-0.2, -0.15) is 10.2 Å². The maximum absolute atomic E-state index is 4.59. The number of nitrogens with zero attached hydrogens (tertiary/aromatic N) is 6. The summed E-state index contributed by atoms with van der Waals surface area (Å²) in [4.78, 5) is 4.59. The Balaban J connectivity index is 1.59. The quantitative estimate of drug-likeness (QED) is 0.504. The van der Waals surface area contributed by atoms with Crippen LogP contribution in [0.25, 0.3) is 33.5 Å². The number of hydrogen-bond acceptors (Lipinski definition) is 3. The summed E-state index contributed by atoms with van der Waals surface area (Å²) < 4.78 is 5.75. The molecule has 5 aromatic rings. The van der Waals surface area contributed by atoms with E-state index in [0.29, 0.717) is 0 Å². The zero-order valence-electron chi connectivity index (χ0n) is 14.2. The Kier molecular flexibility index (Phi) is 3.21. The average molecular weight is 340 g/mol. The number of aromatic nitrogens is 6. The van der Waals surface area contributed by atoms with Crippen LogP contribution in [0.4, 0.5) is 0 Å². The van der Waals surface area contributed by atoms with E-state index in [-0.39, 0.29) is 0 Å². The minimum atomic E-state index is 0.954. The van der Waals surface area contributed by atoms with E-state index in [1.54, 1.807) is 10.9 Å². The van der Waals surface area contributed by atoms with Crippen LogP contribution in [0.2, 0.25) is 0 Å². The Bertz CT molecular complexity index is 1200. The standard InChI is InChI=1S/C20H16N6/c1-24-13-16(12-23-24)15-6-7-20-19(10-15)21-14-25(20)17-4-2-5-18(11-17)26-9-3-8-22-26/h2-14H,1H3. The first-order valence-electron chi connectivity index (χ1n) is 8.34. The Morgan fingerprint density at radius 2 is 1.81 bits per heavy atom. The number of aryl methyl sites for hydroxylation is 1. The first-order chi connectivity index (χ1) is 12.8. The van der Waals surface area contributed by atoms with E-state index in [2.05, 4.69) is 50.1 Å². The molecule has 0 aliphatic heterocycles. The lowest BCUT2D eigenvalue weighted by Gasteiger charge is -2.08. The number of benzene rings is 2. The molecule has 0 atom stereocenters. The Hall–Kier alpha value is -3.67. The Labute approximate surface area is 150 Å². The van der Waals surface area contributed by atoms with E-state index in [0.717, 1.165) is 33.5 Å². The monoisotopic (exact) mass is 340 g/mol. The number of imidazole rings is 1. The molecular weight excluding hydrogens is 324 g/mol. The van der Waals surface area contributed by atoms with Crippen molar-refractivity contribution in [1.29, 1.82) is 0 Å². The molecule has 2 aromatic carbocycles. The van der Waals surface area contributed by atoms with Gasteiger partial charge in [0.1, 0.15) is 6.33 Å². The fourth-order valence-corrected chi connectivity index (χ4v) is 3.18. The molecule has 5 rings (SSSR count). The van der Waals surface area contributed by atoms with Crippen molar-refractivity contribution in [2.45, 2.75) is 0 Å². The number of fused-ring (bicyclic) bond motifs is 1. The highest BCUT2D eigenvalue weighted by Crippen LogP contribution is 2.25. The lowest BCUT2D eigenvalue weighted by atomic mass is 10.1. The van der Waals surface area contributed by atoms with Crippen molar-refractivity contribution in [2.75, 3.05) is 0 Å². The first-order valence-corrected chi connectivity index (χ1v) is 8.34. The van der Waals surface area contributed by atoms with E-state index in [4.69, 9.17) is 0 Å². The smallest absolute Gasteiger partial charge is 0.100 e. The lowest BCUT2D eigenvalue weighted by Crippen LogP contribution is -1.97. The molecule has 3 heterocycles. The average Bonchev–Trinajstić information content (AvgIpc) is 3.42. The van der Waals surface area contributed by atoms with E-state index in [1.165, 1.54) is 0 Å². The molecule has 126 valence electrons. The van der Waals surface area contributed by atoms with E-state index >= 15 is 0 Å². The van der Waals surface area contributed by atoms with Gasteiger partial charge in [0.15, 0.2) is 0 Å². The largest absolute Gasteiger partial charge is 0.299 e. The van der Waals surface area contributed by atoms with Gasteiger partial charge in [0.25, 0.3) is 0 Å². The van der Waals surface area contributed by atoms with Gasteiger partial charge < -0.3 is 0 Å². The zero-order valence-corrected chi connectivity index (χ0v) is 14.2. The maximum Gasteiger partial charge on any atom is 0.100 e. The fourth-order valence-electron chi connectivity index (χ4n) is 3.18. The molecule has 0 N–H and O–H groups in total. The molecule has 0 aliphatic carbocycles. The van der Waals surface area contributed by atoms with E-state index in [9.17, 15) is 0 Å². The van der Waals surface area contributed by atoms with Crippen LogP contribution in [0.15, 0.2) is 79.6 Å². The highest BCUT2D eigenvalue weighted by molar-refractivity contribution is 5.83. The fraction of sp³-hybridized carbons (Fsp3) is 0.0500. The summed E-state index contributed by atoms with van der Waals surface area (Å²) in [5, 5.41) is 8.55. The predicted octanol–water partition coefficient (Wildman–Crippen LogP) is 3.61. The summed E-state index contributed by atoms with van der Waals surface area (Å²) in [5.41, 5.74) is 6.29. The minimum Gasteiger partial charge on any atom is -0.299 e. The summed E-state index contributed by atoms with van der Waals surface area (Å²) >= 11 is 0. The van der Waals surface area contributed by atoms with E-state index in [1.807, 2.05) is 54.8 Å². The molecule has 0 fully saturated rings. The van der Waals surface area contributed by atoms with Crippen LogP contribution in [0.1, 0.15) is 0 Å². The SMILES string of the molecule is Cn1cc(-c2ccc3c(c2)ncn3-c2cccc(-n3cccn3)c2)cn1.